The summed E-state index contributed by atoms with van der Waals surface area (Å²) < 4.78 is 5.04. The Morgan fingerprint density at radius 3 is 2.54 bits per heavy atom. The molecule has 2 aromatic heterocycles. The second-order valence-corrected chi connectivity index (χ2v) is 7.10. The molecule has 0 aliphatic carbocycles. The van der Waals surface area contributed by atoms with Gasteiger partial charge in [-0.15, -0.1) is 11.3 Å². The predicted octanol–water partition coefficient (Wildman–Crippen LogP) is 5.59. The molecule has 0 saturated carbocycles. The van der Waals surface area contributed by atoms with E-state index in [0.717, 1.165) is 32.8 Å². The molecule has 1 N–H and O–H groups in total. The molecule has 4 rings (SSSR count). The van der Waals surface area contributed by atoms with Crippen LogP contribution in [0.2, 0.25) is 0 Å². The van der Waals surface area contributed by atoms with E-state index in [-0.39, 0.29) is 5.97 Å². The molecule has 4 aromatic rings. The zero-order valence-electron chi connectivity index (χ0n) is 15.6. The number of ether oxygens (including phenoxy) is 1. The van der Waals surface area contributed by atoms with E-state index in [1.54, 1.807) is 30.4 Å². The average molecular weight is 389 g/mol. The van der Waals surface area contributed by atoms with Gasteiger partial charge in [0.1, 0.15) is 16.5 Å². The van der Waals surface area contributed by atoms with E-state index < -0.39 is 0 Å². The van der Waals surface area contributed by atoms with Crippen LogP contribution in [-0.4, -0.2) is 22.5 Å². The van der Waals surface area contributed by atoms with Crippen LogP contribution < -0.4 is 5.32 Å². The highest BCUT2D eigenvalue weighted by Gasteiger charge is 2.15. The minimum Gasteiger partial charge on any atom is -0.462 e. The molecule has 5 nitrogen and oxygen atoms in total. The lowest BCUT2D eigenvalue weighted by Gasteiger charge is -2.10. The molecule has 28 heavy (non-hydrogen) atoms. The number of carbonyl (C=O) groups excluding carboxylic acids is 1. The quantitative estimate of drug-likeness (QED) is 0.451. The van der Waals surface area contributed by atoms with Crippen molar-refractivity contribution in [2.75, 3.05) is 11.9 Å². The minimum absolute atomic E-state index is 0.321. The third-order valence-corrected chi connectivity index (χ3v) is 5.16. The minimum atomic E-state index is -0.321. The van der Waals surface area contributed by atoms with Gasteiger partial charge in [-0.2, -0.15) is 0 Å². The van der Waals surface area contributed by atoms with Gasteiger partial charge in [-0.1, -0.05) is 30.3 Å². The fourth-order valence-electron chi connectivity index (χ4n) is 3.01. The smallest absolute Gasteiger partial charge is 0.338 e. The number of thiophene rings is 1. The maximum atomic E-state index is 11.8. The molecule has 2 heterocycles. The lowest BCUT2D eigenvalue weighted by atomic mass is 10.1. The molecule has 0 spiro atoms. The Balaban J connectivity index is 1.72. The summed E-state index contributed by atoms with van der Waals surface area (Å²) in [5.41, 5.74) is 3.60. The molecule has 0 aliphatic heterocycles. The summed E-state index contributed by atoms with van der Waals surface area (Å²) in [4.78, 5) is 22.0. The van der Waals surface area contributed by atoms with E-state index in [2.05, 4.69) is 32.8 Å². The molecule has 6 heteroatoms. The summed E-state index contributed by atoms with van der Waals surface area (Å²) >= 11 is 1.61. The second-order valence-electron chi connectivity index (χ2n) is 6.24. The zero-order valence-corrected chi connectivity index (χ0v) is 16.4. The molecule has 0 atom stereocenters. The van der Waals surface area contributed by atoms with Gasteiger partial charge in [-0.3, -0.25) is 0 Å². The van der Waals surface area contributed by atoms with Crippen molar-refractivity contribution in [3.63, 3.8) is 0 Å². The third kappa shape index (κ3) is 3.59. The van der Waals surface area contributed by atoms with Crippen LogP contribution in [-0.2, 0) is 4.74 Å². The second kappa shape index (κ2) is 7.78. The van der Waals surface area contributed by atoms with Crippen LogP contribution in [0, 0.1) is 6.92 Å². The van der Waals surface area contributed by atoms with Crippen molar-refractivity contribution in [2.24, 2.45) is 0 Å². The summed E-state index contributed by atoms with van der Waals surface area (Å²) in [5, 5.41) is 6.50. The standard InChI is InChI=1S/C22H19N3O2S/c1-3-27-22(26)16-9-11-17(12-10-16)25-20-19-18(15-7-5-4-6-8-15)13-28-21(19)24-14(2)23-20/h4-13H,3H2,1-2H3,(H,23,24,25). The Morgan fingerprint density at radius 2 is 1.82 bits per heavy atom. The zero-order chi connectivity index (χ0) is 19.5. The van der Waals surface area contributed by atoms with E-state index in [0.29, 0.717) is 18.0 Å². The van der Waals surface area contributed by atoms with Crippen LogP contribution in [0.1, 0.15) is 23.1 Å². The lowest BCUT2D eigenvalue weighted by molar-refractivity contribution is 0.0526. The van der Waals surface area contributed by atoms with Crippen molar-refractivity contribution >= 4 is 39.0 Å². The Hall–Kier alpha value is -3.25. The lowest BCUT2D eigenvalue weighted by Crippen LogP contribution is -2.04. The highest BCUT2D eigenvalue weighted by molar-refractivity contribution is 7.17. The Labute approximate surface area is 167 Å². The molecular weight excluding hydrogens is 370 g/mol. The first-order valence-electron chi connectivity index (χ1n) is 9.01. The van der Waals surface area contributed by atoms with E-state index in [1.807, 2.05) is 37.3 Å². The molecule has 0 fully saturated rings. The maximum Gasteiger partial charge on any atom is 0.338 e. The van der Waals surface area contributed by atoms with Crippen molar-refractivity contribution < 1.29 is 9.53 Å². The number of aromatic nitrogens is 2. The number of anilines is 2. The van der Waals surface area contributed by atoms with Gasteiger partial charge in [-0.05, 0) is 43.7 Å². The first-order valence-corrected chi connectivity index (χ1v) is 9.89. The molecule has 140 valence electrons. The van der Waals surface area contributed by atoms with Gasteiger partial charge in [-0.25, -0.2) is 14.8 Å². The number of nitrogens with zero attached hydrogens (tertiary/aromatic N) is 2. The summed E-state index contributed by atoms with van der Waals surface area (Å²) in [6.07, 6.45) is 0. The predicted molar refractivity (Wildman–Crippen MR) is 113 cm³/mol. The molecule has 0 saturated heterocycles. The number of hydrogen-bond donors (Lipinski definition) is 1. The number of fused-ring (bicyclic) bond motifs is 1. The van der Waals surface area contributed by atoms with Crippen molar-refractivity contribution in [1.82, 2.24) is 9.97 Å². The summed E-state index contributed by atoms with van der Waals surface area (Å²) in [7, 11) is 0. The van der Waals surface area contributed by atoms with Crippen molar-refractivity contribution in [1.29, 1.82) is 0 Å². The Kier molecular flexibility index (Phi) is 5.04. The van der Waals surface area contributed by atoms with Crippen LogP contribution in [0.25, 0.3) is 21.3 Å². The van der Waals surface area contributed by atoms with Gasteiger partial charge < -0.3 is 10.1 Å². The number of esters is 1. The third-order valence-electron chi connectivity index (χ3n) is 4.29. The summed E-state index contributed by atoms with van der Waals surface area (Å²) in [5.74, 6) is 1.14. The van der Waals surface area contributed by atoms with E-state index in [4.69, 9.17) is 4.74 Å². The first kappa shape index (κ1) is 18.1. The molecule has 2 aromatic carbocycles. The summed E-state index contributed by atoms with van der Waals surface area (Å²) in [6.45, 7) is 4.04. The fraction of sp³-hybridized carbons (Fsp3) is 0.136. The molecular formula is C22H19N3O2S. The SMILES string of the molecule is CCOC(=O)c1ccc(Nc2nc(C)nc3scc(-c4ccccc4)c23)cc1. The van der Waals surface area contributed by atoms with E-state index >= 15 is 0 Å². The largest absolute Gasteiger partial charge is 0.462 e. The highest BCUT2D eigenvalue weighted by atomic mass is 32.1. The van der Waals surface area contributed by atoms with Crippen LogP contribution in [0.4, 0.5) is 11.5 Å². The van der Waals surface area contributed by atoms with Gasteiger partial charge in [0.2, 0.25) is 0 Å². The highest BCUT2D eigenvalue weighted by Crippen LogP contribution is 2.37. The average Bonchev–Trinajstić information content (AvgIpc) is 3.13. The number of hydrogen-bond acceptors (Lipinski definition) is 6. The van der Waals surface area contributed by atoms with Crippen LogP contribution >= 0.6 is 11.3 Å². The fourth-order valence-corrected chi connectivity index (χ4v) is 4.00. The first-order chi connectivity index (χ1) is 13.7. The Morgan fingerprint density at radius 1 is 1.07 bits per heavy atom. The summed E-state index contributed by atoms with van der Waals surface area (Å²) in [6, 6.07) is 17.4. The van der Waals surface area contributed by atoms with Gasteiger partial charge in [0, 0.05) is 16.6 Å². The topological polar surface area (TPSA) is 64.1 Å². The van der Waals surface area contributed by atoms with Crippen LogP contribution in [0.3, 0.4) is 0 Å². The monoisotopic (exact) mass is 389 g/mol. The number of benzene rings is 2. The number of nitrogens with one attached hydrogen (secondary N) is 1. The van der Waals surface area contributed by atoms with Gasteiger partial charge in [0.25, 0.3) is 0 Å². The van der Waals surface area contributed by atoms with Crippen LogP contribution in [0.5, 0.6) is 0 Å². The number of rotatable bonds is 5. The maximum absolute atomic E-state index is 11.8. The van der Waals surface area contributed by atoms with E-state index in [1.165, 1.54) is 0 Å². The van der Waals surface area contributed by atoms with E-state index in [9.17, 15) is 4.79 Å². The van der Waals surface area contributed by atoms with Crippen LogP contribution in [0.15, 0.2) is 60.0 Å². The number of carbonyl (C=O) groups is 1. The number of aryl methyl sites for hydroxylation is 1. The van der Waals surface area contributed by atoms with Crippen molar-refractivity contribution in [2.45, 2.75) is 13.8 Å². The molecule has 0 unspecified atom stereocenters. The molecule has 0 bridgehead atoms. The van der Waals surface area contributed by atoms with Crippen molar-refractivity contribution in [3.8, 4) is 11.1 Å². The Bertz CT molecular complexity index is 1120. The van der Waals surface area contributed by atoms with Gasteiger partial charge in [0.05, 0.1) is 17.6 Å². The molecule has 0 aliphatic rings. The van der Waals surface area contributed by atoms with Crippen molar-refractivity contribution in [3.05, 3.63) is 71.4 Å². The molecule has 0 radical (unpaired) electrons. The molecule has 0 amide bonds. The van der Waals surface area contributed by atoms with Gasteiger partial charge in [0.15, 0.2) is 0 Å². The normalized spacial score (nSPS) is 10.8. The van der Waals surface area contributed by atoms with Gasteiger partial charge >= 0.3 is 5.97 Å².